The number of hydrogen-bond donors (Lipinski definition) is 0. The van der Waals surface area contributed by atoms with Crippen LogP contribution >= 0.6 is 0 Å². The molecule has 4 nitrogen and oxygen atoms in total. The summed E-state index contributed by atoms with van der Waals surface area (Å²) < 4.78 is 38.2. The van der Waals surface area contributed by atoms with Crippen LogP contribution in [-0.2, 0) is 11.0 Å². The molecule has 2 rings (SSSR count). The van der Waals surface area contributed by atoms with Gasteiger partial charge in [-0.1, -0.05) is 0 Å². The number of amides is 1. The van der Waals surface area contributed by atoms with E-state index >= 15 is 0 Å². The molecule has 0 aromatic carbocycles. The van der Waals surface area contributed by atoms with E-state index in [1.54, 1.807) is 19.0 Å². The average molecular weight is 287 g/mol. The fourth-order valence-electron chi connectivity index (χ4n) is 2.35. The van der Waals surface area contributed by atoms with E-state index in [2.05, 4.69) is 4.98 Å². The van der Waals surface area contributed by atoms with Crippen molar-refractivity contribution in [2.24, 2.45) is 0 Å². The van der Waals surface area contributed by atoms with Crippen molar-refractivity contribution >= 4 is 11.7 Å². The highest BCUT2D eigenvalue weighted by molar-refractivity contribution is 5.85. The molecule has 1 aliphatic rings. The Kier molecular flexibility index (Phi) is 3.87. The summed E-state index contributed by atoms with van der Waals surface area (Å²) in [4.78, 5) is 19.1. The van der Waals surface area contributed by atoms with Crippen LogP contribution < -0.4 is 4.90 Å². The number of hydrogen-bond acceptors (Lipinski definition) is 3. The van der Waals surface area contributed by atoms with Gasteiger partial charge in [0.25, 0.3) is 0 Å². The molecule has 1 aromatic rings. The molecule has 2 heterocycles. The van der Waals surface area contributed by atoms with E-state index < -0.39 is 17.8 Å². The van der Waals surface area contributed by atoms with Crippen molar-refractivity contribution in [1.29, 1.82) is 0 Å². The first kappa shape index (κ1) is 14.6. The molecular weight excluding hydrogens is 271 g/mol. The van der Waals surface area contributed by atoms with E-state index in [-0.39, 0.29) is 11.7 Å². The fraction of sp³-hybridized carbons (Fsp3) is 0.538. The Bertz CT molecular complexity index is 502. The standard InChI is InChI=1S/C13H16F3N3O/c1-18(2)12(20)10-4-3-7-19(10)11-8-9(5-6-17-11)13(14,15)16/h5-6,8,10H,3-4,7H2,1-2H3. The predicted octanol–water partition coefficient (Wildman–Crippen LogP) is 2.16. The lowest BCUT2D eigenvalue weighted by Crippen LogP contribution is -2.43. The van der Waals surface area contributed by atoms with Gasteiger partial charge in [0.05, 0.1) is 5.56 Å². The van der Waals surface area contributed by atoms with E-state index in [1.807, 2.05) is 0 Å². The molecule has 0 saturated carbocycles. The van der Waals surface area contributed by atoms with Crippen molar-refractivity contribution < 1.29 is 18.0 Å². The Balaban J connectivity index is 2.29. The molecule has 20 heavy (non-hydrogen) atoms. The van der Waals surface area contributed by atoms with Gasteiger partial charge in [0.1, 0.15) is 11.9 Å². The van der Waals surface area contributed by atoms with Gasteiger partial charge in [-0.2, -0.15) is 13.2 Å². The zero-order valence-corrected chi connectivity index (χ0v) is 11.3. The van der Waals surface area contributed by atoms with Gasteiger partial charge in [-0.3, -0.25) is 4.79 Å². The second-order valence-corrected chi connectivity index (χ2v) is 4.98. The Morgan fingerprint density at radius 2 is 2.15 bits per heavy atom. The van der Waals surface area contributed by atoms with E-state index in [9.17, 15) is 18.0 Å². The molecule has 0 aliphatic carbocycles. The largest absolute Gasteiger partial charge is 0.416 e. The SMILES string of the molecule is CN(C)C(=O)C1CCCN1c1cc(C(F)(F)F)ccn1. The molecule has 1 atom stereocenters. The van der Waals surface area contributed by atoms with Crippen molar-refractivity contribution in [3.8, 4) is 0 Å². The number of aromatic nitrogens is 1. The van der Waals surface area contributed by atoms with Crippen LogP contribution in [-0.4, -0.2) is 42.5 Å². The van der Waals surface area contributed by atoms with Crippen LogP contribution in [0.25, 0.3) is 0 Å². The number of likely N-dealkylation sites (N-methyl/N-ethyl adjacent to an activating group) is 1. The minimum atomic E-state index is -4.40. The maximum atomic E-state index is 12.7. The zero-order chi connectivity index (χ0) is 14.9. The summed E-state index contributed by atoms with van der Waals surface area (Å²) in [6.45, 7) is 0.540. The smallest absolute Gasteiger partial charge is 0.347 e. The van der Waals surface area contributed by atoms with Crippen molar-refractivity contribution in [1.82, 2.24) is 9.88 Å². The van der Waals surface area contributed by atoms with Crippen LogP contribution in [0.1, 0.15) is 18.4 Å². The normalized spacial score (nSPS) is 19.2. The molecule has 1 saturated heterocycles. The number of rotatable bonds is 2. The highest BCUT2D eigenvalue weighted by Crippen LogP contribution is 2.32. The van der Waals surface area contributed by atoms with Crippen molar-refractivity contribution in [3.05, 3.63) is 23.9 Å². The van der Waals surface area contributed by atoms with Crippen molar-refractivity contribution in [3.63, 3.8) is 0 Å². The number of nitrogens with zero attached hydrogens (tertiary/aromatic N) is 3. The minimum Gasteiger partial charge on any atom is -0.347 e. The number of alkyl halides is 3. The highest BCUT2D eigenvalue weighted by Gasteiger charge is 2.35. The molecule has 0 spiro atoms. The number of carbonyl (C=O) groups is 1. The zero-order valence-electron chi connectivity index (χ0n) is 11.3. The fourth-order valence-corrected chi connectivity index (χ4v) is 2.35. The first-order valence-corrected chi connectivity index (χ1v) is 6.32. The highest BCUT2D eigenvalue weighted by atomic mass is 19.4. The lowest BCUT2D eigenvalue weighted by atomic mass is 10.2. The van der Waals surface area contributed by atoms with E-state index in [4.69, 9.17) is 0 Å². The quantitative estimate of drug-likeness (QED) is 0.836. The monoisotopic (exact) mass is 287 g/mol. The van der Waals surface area contributed by atoms with Crippen molar-refractivity contribution in [2.75, 3.05) is 25.5 Å². The van der Waals surface area contributed by atoms with Gasteiger partial charge in [-0.05, 0) is 25.0 Å². The summed E-state index contributed by atoms with van der Waals surface area (Å²) in [7, 11) is 3.27. The molecule has 7 heteroatoms. The molecule has 0 radical (unpaired) electrons. The Labute approximate surface area is 115 Å². The lowest BCUT2D eigenvalue weighted by Gasteiger charge is -2.27. The van der Waals surface area contributed by atoms with Gasteiger partial charge in [0.2, 0.25) is 5.91 Å². The summed E-state index contributed by atoms with van der Waals surface area (Å²) in [5, 5.41) is 0. The Hall–Kier alpha value is -1.79. The third kappa shape index (κ3) is 2.86. The predicted molar refractivity (Wildman–Crippen MR) is 68.3 cm³/mol. The van der Waals surface area contributed by atoms with Gasteiger partial charge >= 0.3 is 6.18 Å². The van der Waals surface area contributed by atoms with E-state index in [0.29, 0.717) is 13.0 Å². The second kappa shape index (κ2) is 5.30. The molecule has 1 unspecified atom stereocenters. The summed E-state index contributed by atoms with van der Waals surface area (Å²) in [5.41, 5.74) is -0.745. The first-order chi connectivity index (χ1) is 9.30. The molecule has 1 amide bonds. The van der Waals surface area contributed by atoms with Crippen molar-refractivity contribution in [2.45, 2.75) is 25.1 Å². The maximum absolute atomic E-state index is 12.7. The van der Waals surface area contributed by atoms with Gasteiger partial charge in [0.15, 0.2) is 0 Å². The van der Waals surface area contributed by atoms with E-state index in [1.165, 1.54) is 4.90 Å². The summed E-state index contributed by atoms with van der Waals surface area (Å²) in [5.74, 6) is 0.0965. The topological polar surface area (TPSA) is 36.4 Å². The molecule has 110 valence electrons. The molecule has 1 aromatic heterocycles. The minimum absolute atomic E-state index is 0.110. The third-order valence-corrected chi connectivity index (χ3v) is 3.35. The van der Waals surface area contributed by atoms with Gasteiger partial charge < -0.3 is 9.80 Å². The Morgan fingerprint density at radius 3 is 2.75 bits per heavy atom. The van der Waals surface area contributed by atoms with Crippen LogP contribution in [0, 0.1) is 0 Å². The lowest BCUT2D eigenvalue weighted by molar-refractivity contribution is -0.137. The van der Waals surface area contributed by atoms with Crippen LogP contribution in [0.2, 0.25) is 0 Å². The van der Waals surface area contributed by atoms with Gasteiger partial charge in [0, 0.05) is 26.8 Å². The number of pyridine rings is 1. The average Bonchev–Trinajstić information content (AvgIpc) is 2.86. The first-order valence-electron chi connectivity index (χ1n) is 6.32. The van der Waals surface area contributed by atoms with Gasteiger partial charge in [-0.25, -0.2) is 4.98 Å². The van der Waals surface area contributed by atoms with Crippen LogP contribution in [0.15, 0.2) is 18.3 Å². The number of carbonyl (C=O) groups excluding carboxylic acids is 1. The van der Waals surface area contributed by atoms with Crippen LogP contribution in [0.3, 0.4) is 0 Å². The summed E-state index contributed by atoms with van der Waals surface area (Å²) >= 11 is 0. The number of halogens is 3. The molecule has 0 bridgehead atoms. The van der Waals surface area contributed by atoms with E-state index in [0.717, 1.165) is 24.8 Å². The summed E-state index contributed by atoms with van der Waals surface area (Å²) in [6, 6.07) is 1.50. The molecule has 1 fully saturated rings. The second-order valence-electron chi connectivity index (χ2n) is 4.98. The third-order valence-electron chi connectivity index (χ3n) is 3.35. The molecule has 0 N–H and O–H groups in total. The summed E-state index contributed by atoms with van der Waals surface area (Å²) in [6.07, 6.45) is -1.87. The van der Waals surface area contributed by atoms with Crippen LogP contribution in [0.4, 0.5) is 19.0 Å². The van der Waals surface area contributed by atoms with Gasteiger partial charge in [-0.15, -0.1) is 0 Å². The molecular formula is C13H16F3N3O. The molecule has 1 aliphatic heterocycles. The van der Waals surface area contributed by atoms with Crippen LogP contribution in [0.5, 0.6) is 0 Å². The number of anilines is 1. The Morgan fingerprint density at radius 1 is 1.45 bits per heavy atom. The maximum Gasteiger partial charge on any atom is 0.416 e.